The summed E-state index contributed by atoms with van der Waals surface area (Å²) in [4.78, 5) is 0. The molecule has 0 aliphatic carbocycles. The molecule has 0 saturated carbocycles. The number of hydrogen-bond donors (Lipinski definition) is 1. The molecule has 1 aromatic rings. The highest BCUT2D eigenvalue weighted by Crippen LogP contribution is 2.17. The van der Waals surface area contributed by atoms with E-state index in [0.717, 1.165) is 37.8 Å². The van der Waals surface area contributed by atoms with E-state index in [1.54, 1.807) is 6.07 Å². The molecule has 17 heavy (non-hydrogen) atoms. The number of rotatable bonds is 7. The van der Waals surface area contributed by atoms with E-state index in [9.17, 15) is 4.39 Å². The minimum absolute atomic E-state index is 0.220. The average molecular weight is 258 g/mol. The molecular formula is C14H21ClFN. The van der Waals surface area contributed by atoms with E-state index in [1.807, 2.05) is 6.07 Å². The molecule has 1 unspecified atom stereocenters. The van der Waals surface area contributed by atoms with Crippen molar-refractivity contribution in [1.82, 2.24) is 5.32 Å². The van der Waals surface area contributed by atoms with Crippen molar-refractivity contribution in [3.05, 3.63) is 34.6 Å². The molecule has 3 heteroatoms. The van der Waals surface area contributed by atoms with Gasteiger partial charge in [-0.2, -0.15) is 0 Å². The molecule has 0 spiro atoms. The molecule has 0 heterocycles. The van der Waals surface area contributed by atoms with Crippen molar-refractivity contribution in [2.24, 2.45) is 0 Å². The first-order valence-electron chi connectivity index (χ1n) is 6.34. The van der Waals surface area contributed by atoms with Crippen molar-refractivity contribution in [3.8, 4) is 0 Å². The lowest BCUT2D eigenvalue weighted by molar-refractivity contribution is 0.468. The minimum Gasteiger partial charge on any atom is -0.314 e. The van der Waals surface area contributed by atoms with Gasteiger partial charge < -0.3 is 5.32 Å². The highest BCUT2D eigenvalue weighted by Gasteiger charge is 2.06. The molecule has 0 amide bonds. The van der Waals surface area contributed by atoms with Crippen molar-refractivity contribution in [1.29, 1.82) is 0 Å². The first kappa shape index (κ1) is 14.5. The van der Waals surface area contributed by atoms with Crippen molar-refractivity contribution >= 4 is 11.6 Å². The van der Waals surface area contributed by atoms with Crippen LogP contribution in [-0.2, 0) is 6.42 Å². The van der Waals surface area contributed by atoms with E-state index in [4.69, 9.17) is 11.6 Å². The van der Waals surface area contributed by atoms with Gasteiger partial charge in [-0.25, -0.2) is 4.39 Å². The third kappa shape index (κ3) is 5.05. The zero-order chi connectivity index (χ0) is 12.7. The molecule has 1 atom stereocenters. The zero-order valence-corrected chi connectivity index (χ0v) is 11.4. The van der Waals surface area contributed by atoms with Gasteiger partial charge in [0.1, 0.15) is 5.82 Å². The molecule has 0 radical (unpaired) electrons. The van der Waals surface area contributed by atoms with E-state index in [1.165, 1.54) is 6.07 Å². The van der Waals surface area contributed by atoms with Crippen LogP contribution in [0, 0.1) is 5.82 Å². The van der Waals surface area contributed by atoms with E-state index in [0.29, 0.717) is 6.04 Å². The van der Waals surface area contributed by atoms with Crippen LogP contribution in [0.15, 0.2) is 18.2 Å². The molecule has 0 aromatic heterocycles. The average Bonchev–Trinajstić information content (AvgIpc) is 2.34. The van der Waals surface area contributed by atoms with Gasteiger partial charge in [0.2, 0.25) is 0 Å². The lowest BCUT2D eigenvalue weighted by Gasteiger charge is -2.16. The molecule has 0 aliphatic rings. The van der Waals surface area contributed by atoms with Gasteiger partial charge in [-0.1, -0.05) is 31.5 Å². The highest BCUT2D eigenvalue weighted by atomic mass is 35.5. The van der Waals surface area contributed by atoms with Crippen LogP contribution in [0.5, 0.6) is 0 Å². The summed E-state index contributed by atoms with van der Waals surface area (Å²) >= 11 is 5.76. The summed E-state index contributed by atoms with van der Waals surface area (Å²) in [6.07, 6.45) is 4.28. The van der Waals surface area contributed by atoms with Gasteiger partial charge in [-0.05, 0) is 49.9 Å². The number of nitrogens with one attached hydrogen (secondary N) is 1. The molecule has 1 rings (SSSR count). The zero-order valence-electron chi connectivity index (χ0n) is 10.6. The standard InChI is InChI=1S/C14H21ClFN/c1-3-9-17-12(4-2)7-5-11-6-8-14(16)13(15)10-11/h6,8,10,12,17H,3-5,7,9H2,1-2H3. The first-order valence-corrected chi connectivity index (χ1v) is 6.72. The fourth-order valence-electron chi connectivity index (χ4n) is 1.84. The van der Waals surface area contributed by atoms with Crippen LogP contribution >= 0.6 is 11.6 Å². The minimum atomic E-state index is -0.341. The Morgan fingerprint density at radius 3 is 2.71 bits per heavy atom. The third-order valence-electron chi connectivity index (χ3n) is 2.94. The van der Waals surface area contributed by atoms with Gasteiger partial charge in [-0.15, -0.1) is 0 Å². The van der Waals surface area contributed by atoms with Gasteiger partial charge in [0, 0.05) is 6.04 Å². The normalized spacial score (nSPS) is 12.7. The van der Waals surface area contributed by atoms with E-state index in [2.05, 4.69) is 19.2 Å². The van der Waals surface area contributed by atoms with Crippen molar-refractivity contribution in [2.45, 2.75) is 45.6 Å². The fraction of sp³-hybridized carbons (Fsp3) is 0.571. The second-order valence-electron chi connectivity index (χ2n) is 4.35. The van der Waals surface area contributed by atoms with E-state index < -0.39 is 0 Å². The second kappa shape index (κ2) is 7.67. The Morgan fingerprint density at radius 2 is 2.12 bits per heavy atom. The Kier molecular flexibility index (Phi) is 6.53. The fourth-order valence-corrected chi connectivity index (χ4v) is 2.04. The summed E-state index contributed by atoms with van der Waals surface area (Å²) in [7, 11) is 0. The molecule has 0 fully saturated rings. The molecule has 1 nitrogen and oxygen atoms in total. The number of halogens is 2. The van der Waals surface area contributed by atoms with Crippen molar-refractivity contribution in [2.75, 3.05) is 6.54 Å². The summed E-state index contributed by atoms with van der Waals surface area (Å²) in [5.74, 6) is -0.341. The molecule has 0 aliphatic heterocycles. The summed E-state index contributed by atoms with van der Waals surface area (Å²) in [5.41, 5.74) is 1.10. The van der Waals surface area contributed by atoms with Crippen molar-refractivity contribution < 1.29 is 4.39 Å². The summed E-state index contributed by atoms with van der Waals surface area (Å²) in [6.45, 7) is 5.41. The molecule has 0 saturated heterocycles. The highest BCUT2D eigenvalue weighted by molar-refractivity contribution is 6.30. The SMILES string of the molecule is CCCNC(CC)CCc1ccc(F)c(Cl)c1. The Labute approximate surface area is 108 Å². The van der Waals surface area contributed by atoms with Crippen molar-refractivity contribution in [3.63, 3.8) is 0 Å². The summed E-state index contributed by atoms with van der Waals surface area (Å²) in [6, 6.07) is 5.52. The maximum absolute atomic E-state index is 13.0. The van der Waals surface area contributed by atoms with Crippen LogP contribution in [0.4, 0.5) is 4.39 Å². The smallest absolute Gasteiger partial charge is 0.141 e. The lowest BCUT2D eigenvalue weighted by Crippen LogP contribution is -2.29. The largest absolute Gasteiger partial charge is 0.314 e. The predicted molar refractivity (Wildman–Crippen MR) is 72.1 cm³/mol. The van der Waals surface area contributed by atoms with Gasteiger partial charge in [0.05, 0.1) is 5.02 Å². The summed E-state index contributed by atoms with van der Waals surface area (Å²) < 4.78 is 13.0. The lowest BCUT2D eigenvalue weighted by atomic mass is 10.0. The first-order chi connectivity index (χ1) is 8.17. The maximum atomic E-state index is 13.0. The predicted octanol–water partition coefficient (Wildman–Crippen LogP) is 4.19. The van der Waals surface area contributed by atoms with Crippen LogP contribution < -0.4 is 5.32 Å². The van der Waals surface area contributed by atoms with Crippen LogP contribution in [0.25, 0.3) is 0 Å². The molecule has 1 aromatic carbocycles. The Bertz CT molecular complexity index is 341. The van der Waals surface area contributed by atoms with Crippen LogP contribution in [0.2, 0.25) is 5.02 Å². The van der Waals surface area contributed by atoms with Gasteiger partial charge in [-0.3, -0.25) is 0 Å². The number of aryl methyl sites for hydroxylation is 1. The molecular weight excluding hydrogens is 237 g/mol. The molecule has 96 valence electrons. The van der Waals surface area contributed by atoms with Gasteiger partial charge in [0.25, 0.3) is 0 Å². The Morgan fingerprint density at radius 1 is 1.35 bits per heavy atom. The third-order valence-corrected chi connectivity index (χ3v) is 3.23. The molecule has 0 bridgehead atoms. The van der Waals surface area contributed by atoms with E-state index in [-0.39, 0.29) is 10.8 Å². The van der Waals surface area contributed by atoms with Crippen LogP contribution in [-0.4, -0.2) is 12.6 Å². The quantitative estimate of drug-likeness (QED) is 0.772. The maximum Gasteiger partial charge on any atom is 0.141 e. The Balaban J connectivity index is 2.45. The second-order valence-corrected chi connectivity index (χ2v) is 4.75. The van der Waals surface area contributed by atoms with Crippen LogP contribution in [0.1, 0.15) is 38.7 Å². The topological polar surface area (TPSA) is 12.0 Å². The number of benzene rings is 1. The Hall–Kier alpha value is -0.600. The molecule has 1 N–H and O–H groups in total. The van der Waals surface area contributed by atoms with Gasteiger partial charge >= 0.3 is 0 Å². The summed E-state index contributed by atoms with van der Waals surface area (Å²) in [5, 5.41) is 3.73. The number of hydrogen-bond acceptors (Lipinski definition) is 1. The van der Waals surface area contributed by atoms with Crippen LogP contribution in [0.3, 0.4) is 0 Å². The van der Waals surface area contributed by atoms with E-state index >= 15 is 0 Å². The van der Waals surface area contributed by atoms with Gasteiger partial charge in [0.15, 0.2) is 0 Å². The monoisotopic (exact) mass is 257 g/mol.